The molecule has 0 amide bonds. The van der Waals surface area contributed by atoms with Crippen molar-refractivity contribution < 1.29 is 4.74 Å². The first-order valence-electron chi connectivity index (χ1n) is 6.07. The third kappa shape index (κ3) is 2.58. The molecule has 1 N–H and O–H groups in total. The monoisotopic (exact) mass is 248 g/mol. The Bertz CT molecular complexity index is 491. The average molecular weight is 248 g/mol. The Morgan fingerprint density at radius 2 is 2.47 bits per heavy atom. The van der Waals surface area contributed by atoms with Gasteiger partial charge in [0, 0.05) is 18.8 Å². The molecule has 2 heterocycles. The molecule has 0 bridgehead atoms. The summed E-state index contributed by atoms with van der Waals surface area (Å²) in [6, 6.07) is 6.36. The number of rotatable bonds is 3. The Morgan fingerprint density at radius 1 is 1.47 bits per heavy atom. The fourth-order valence-electron chi connectivity index (χ4n) is 2.20. The highest BCUT2D eigenvalue weighted by Gasteiger charge is 2.13. The molecule has 1 saturated heterocycles. The van der Waals surface area contributed by atoms with Crippen LogP contribution in [0.15, 0.2) is 23.7 Å². The second-order valence-electron chi connectivity index (χ2n) is 4.50. The standard InChI is InChI=1S/C13H16N2OS/c1-2-10(8-16-5-1)7-14-11-3-4-12-13(6-11)17-9-15-12/h3-4,6,9-10,14H,1-2,5,7-8H2. The summed E-state index contributed by atoms with van der Waals surface area (Å²) in [5.41, 5.74) is 4.16. The van der Waals surface area contributed by atoms with Crippen LogP contribution in [-0.2, 0) is 4.74 Å². The van der Waals surface area contributed by atoms with E-state index in [1.165, 1.54) is 23.2 Å². The van der Waals surface area contributed by atoms with Crippen LogP contribution in [0.3, 0.4) is 0 Å². The number of nitrogens with one attached hydrogen (secondary N) is 1. The van der Waals surface area contributed by atoms with E-state index in [1.54, 1.807) is 11.3 Å². The number of ether oxygens (including phenoxy) is 1. The van der Waals surface area contributed by atoms with Crippen LogP contribution in [0.1, 0.15) is 12.8 Å². The summed E-state index contributed by atoms with van der Waals surface area (Å²) in [6.07, 6.45) is 2.47. The lowest BCUT2D eigenvalue weighted by molar-refractivity contribution is 0.0595. The van der Waals surface area contributed by atoms with Crippen LogP contribution in [-0.4, -0.2) is 24.7 Å². The van der Waals surface area contributed by atoms with Gasteiger partial charge in [0.2, 0.25) is 0 Å². The molecule has 1 aromatic carbocycles. The lowest BCUT2D eigenvalue weighted by atomic mass is 10.0. The van der Waals surface area contributed by atoms with E-state index in [0.717, 1.165) is 25.3 Å². The van der Waals surface area contributed by atoms with Gasteiger partial charge < -0.3 is 10.1 Å². The van der Waals surface area contributed by atoms with Gasteiger partial charge in [-0.05, 0) is 37.0 Å². The third-order valence-corrected chi connectivity index (χ3v) is 3.97. The fourth-order valence-corrected chi connectivity index (χ4v) is 2.91. The molecule has 2 aromatic rings. The van der Waals surface area contributed by atoms with Crippen molar-refractivity contribution in [3.05, 3.63) is 23.7 Å². The molecule has 3 rings (SSSR count). The quantitative estimate of drug-likeness (QED) is 0.906. The van der Waals surface area contributed by atoms with Crippen LogP contribution in [0.5, 0.6) is 0 Å². The second kappa shape index (κ2) is 5.02. The minimum absolute atomic E-state index is 0.654. The van der Waals surface area contributed by atoms with Gasteiger partial charge in [-0.2, -0.15) is 0 Å². The molecule has 17 heavy (non-hydrogen) atoms. The van der Waals surface area contributed by atoms with Gasteiger partial charge in [-0.3, -0.25) is 0 Å². The number of aromatic nitrogens is 1. The molecule has 0 spiro atoms. The van der Waals surface area contributed by atoms with Crippen molar-refractivity contribution in [1.82, 2.24) is 4.98 Å². The topological polar surface area (TPSA) is 34.2 Å². The molecule has 1 unspecified atom stereocenters. The van der Waals surface area contributed by atoms with Gasteiger partial charge in [0.1, 0.15) is 0 Å². The summed E-state index contributed by atoms with van der Waals surface area (Å²) < 4.78 is 6.73. The highest BCUT2D eigenvalue weighted by molar-refractivity contribution is 7.16. The Morgan fingerprint density at radius 3 is 3.35 bits per heavy atom. The Balaban J connectivity index is 1.63. The van der Waals surface area contributed by atoms with E-state index in [2.05, 4.69) is 28.5 Å². The van der Waals surface area contributed by atoms with E-state index in [4.69, 9.17) is 4.74 Å². The molecule has 1 aliphatic rings. The molecule has 90 valence electrons. The van der Waals surface area contributed by atoms with Gasteiger partial charge >= 0.3 is 0 Å². The average Bonchev–Trinajstić information content (AvgIpc) is 2.85. The summed E-state index contributed by atoms with van der Waals surface area (Å²) in [5, 5.41) is 3.50. The SMILES string of the molecule is c1nc2ccc(NCC3CCCOC3)cc2s1. The molecule has 0 aliphatic carbocycles. The predicted octanol–water partition coefficient (Wildman–Crippen LogP) is 3.13. The van der Waals surface area contributed by atoms with E-state index >= 15 is 0 Å². The van der Waals surface area contributed by atoms with Gasteiger partial charge in [0.25, 0.3) is 0 Å². The van der Waals surface area contributed by atoms with Gasteiger partial charge in [-0.25, -0.2) is 4.98 Å². The number of nitrogens with zero attached hydrogens (tertiary/aromatic N) is 1. The van der Waals surface area contributed by atoms with E-state index in [-0.39, 0.29) is 0 Å². The Kier molecular flexibility index (Phi) is 3.25. The van der Waals surface area contributed by atoms with Gasteiger partial charge in [-0.15, -0.1) is 11.3 Å². The maximum absolute atomic E-state index is 5.48. The number of fused-ring (bicyclic) bond motifs is 1. The molecule has 1 aliphatic heterocycles. The van der Waals surface area contributed by atoms with Crippen molar-refractivity contribution in [2.45, 2.75) is 12.8 Å². The maximum atomic E-state index is 5.48. The van der Waals surface area contributed by atoms with Crippen LogP contribution >= 0.6 is 11.3 Å². The molecule has 0 saturated carbocycles. The van der Waals surface area contributed by atoms with Crippen LogP contribution in [0.4, 0.5) is 5.69 Å². The lowest BCUT2D eigenvalue weighted by Crippen LogP contribution is -2.24. The van der Waals surface area contributed by atoms with Gasteiger partial charge in [0.15, 0.2) is 0 Å². The van der Waals surface area contributed by atoms with Crippen molar-refractivity contribution in [3.8, 4) is 0 Å². The summed E-state index contributed by atoms with van der Waals surface area (Å²) >= 11 is 1.69. The number of benzene rings is 1. The molecule has 3 nitrogen and oxygen atoms in total. The first kappa shape index (κ1) is 11.0. The molecular weight excluding hydrogens is 232 g/mol. The first-order chi connectivity index (χ1) is 8.42. The van der Waals surface area contributed by atoms with Crippen molar-refractivity contribution in [2.24, 2.45) is 5.92 Å². The molecule has 1 atom stereocenters. The minimum atomic E-state index is 0.654. The highest BCUT2D eigenvalue weighted by Crippen LogP contribution is 2.22. The van der Waals surface area contributed by atoms with Crippen LogP contribution < -0.4 is 5.32 Å². The fraction of sp³-hybridized carbons (Fsp3) is 0.462. The minimum Gasteiger partial charge on any atom is -0.385 e. The van der Waals surface area contributed by atoms with E-state index in [9.17, 15) is 0 Å². The molecule has 1 fully saturated rings. The van der Waals surface area contributed by atoms with Crippen LogP contribution in [0, 0.1) is 5.92 Å². The smallest absolute Gasteiger partial charge is 0.0813 e. The Labute approximate surface area is 105 Å². The van der Waals surface area contributed by atoms with Crippen LogP contribution in [0.25, 0.3) is 10.2 Å². The van der Waals surface area contributed by atoms with E-state index in [1.807, 2.05) is 5.51 Å². The van der Waals surface area contributed by atoms with E-state index < -0.39 is 0 Å². The third-order valence-electron chi connectivity index (χ3n) is 3.18. The van der Waals surface area contributed by atoms with Gasteiger partial charge in [-0.1, -0.05) is 0 Å². The summed E-state index contributed by atoms with van der Waals surface area (Å²) in [7, 11) is 0. The number of anilines is 1. The maximum Gasteiger partial charge on any atom is 0.0813 e. The predicted molar refractivity (Wildman–Crippen MR) is 71.7 cm³/mol. The second-order valence-corrected chi connectivity index (χ2v) is 5.39. The van der Waals surface area contributed by atoms with E-state index in [0.29, 0.717) is 5.92 Å². The zero-order chi connectivity index (χ0) is 11.5. The summed E-state index contributed by atoms with van der Waals surface area (Å²) in [6.45, 7) is 2.84. The summed E-state index contributed by atoms with van der Waals surface area (Å²) in [5.74, 6) is 0.654. The molecule has 1 aromatic heterocycles. The highest BCUT2D eigenvalue weighted by atomic mass is 32.1. The largest absolute Gasteiger partial charge is 0.385 e. The first-order valence-corrected chi connectivity index (χ1v) is 6.94. The van der Waals surface area contributed by atoms with Crippen molar-refractivity contribution in [3.63, 3.8) is 0 Å². The van der Waals surface area contributed by atoms with Crippen molar-refractivity contribution >= 4 is 27.2 Å². The number of hydrogen-bond donors (Lipinski definition) is 1. The zero-order valence-corrected chi connectivity index (χ0v) is 10.5. The summed E-state index contributed by atoms with van der Waals surface area (Å²) in [4.78, 5) is 4.28. The van der Waals surface area contributed by atoms with Crippen molar-refractivity contribution in [2.75, 3.05) is 25.1 Å². The zero-order valence-electron chi connectivity index (χ0n) is 9.69. The van der Waals surface area contributed by atoms with Crippen molar-refractivity contribution in [1.29, 1.82) is 0 Å². The number of thiazole rings is 1. The lowest BCUT2D eigenvalue weighted by Gasteiger charge is -2.22. The van der Waals surface area contributed by atoms with Crippen LogP contribution in [0.2, 0.25) is 0 Å². The number of hydrogen-bond acceptors (Lipinski definition) is 4. The van der Waals surface area contributed by atoms with Gasteiger partial charge in [0.05, 0.1) is 22.3 Å². The molecular formula is C13H16N2OS. The molecule has 4 heteroatoms. The molecule has 0 radical (unpaired) electrons. The Hall–Kier alpha value is -1.13. The normalized spacial score (nSPS) is 20.6.